The van der Waals surface area contributed by atoms with Crippen molar-refractivity contribution in [3.05, 3.63) is 34.4 Å². The summed E-state index contributed by atoms with van der Waals surface area (Å²) >= 11 is 0. The molecule has 0 aliphatic heterocycles. The molecule has 134 valence electrons. The van der Waals surface area contributed by atoms with E-state index in [0.717, 1.165) is 0 Å². The van der Waals surface area contributed by atoms with Crippen LogP contribution in [0.2, 0.25) is 0 Å². The van der Waals surface area contributed by atoms with E-state index in [-0.39, 0.29) is 35.1 Å². The van der Waals surface area contributed by atoms with Crippen molar-refractivity contribution in [2.45, 2.75) is 33.1 Å². The van der Waals surface area contributed by atoms with Crippen molar-refractivity contribution in [2.24, 2.45) is 0 Å². The number of carbonyl (C=O) groups is 3. The highest BCUT2D eigenvalue weighted by atomic mass is 16.4. The number of aliphatic carboxylic acids is 3. The zero-order valence-corrected chi connectivity index (χ0v) is 14.5. The third-order valence-electron chi connectivity index (χ3n) is 3.40. The summed E-state index contributed by atoms with van der Waals surface area (Å²) in [5.74, 6) is -3.53. The molecular formula is C17H25NO6. The summed E-state index contributed by atoms with van der Waals surface area (Å²) in [6.45, 7) is 3.64. The van der Waals surface area contributed by atoms with Gasteiger partial charge >= 0.3 is 17.9 Å². The fraction of sp³-hybridized carbons (Fsp3) is 0.471. The molecule has 0 fully saturated rings. The molecule has 0 radical (unpaired) electrons. The van der Waals surface area contributed by atoms with Crippen LogP contribution < -0.4 is 0 Å². The molecule has 0 spiro atoms. The van der Waals surface area contributed by atoms with E-state index in [2.05, 4.69) is 0 Å². The minimum absolute atomic E-state index is 0.0138. The molecule has 0 rings (SSSR count). The Kier molecular flexibility index (Phi) is 9.34. The Labute approximate surface area is 141 Å². The van der Waals surface area contributed by atoms with E-state index in [4.69, 9.17) is 10.2 Å². The Morgan fingerprint density at radius 2 is 1.42 bits per heavy atom. The maximum Gasteiger partial charge on any atom is 0.331 e. The third-order valence-corrected chi connectivity index (χ3v) is 3.40. The average Bonchev–Trinajstić information content (AvgIpc) is 2.47. The van der Waals surface area contributed by atoms with Crippen LogP contribution in [0.25, 0.3) is 0 Å². The summed E-state index contributed by atoms with van der Waals surface area (Å²) in [6, 6.07) is 0. The van der Waals surface area contributed by atoms with Crippen LogP contribution in [0.3, 0.4) is 0 Å². The monoisotopic (exact) mass is 339 g/mol. The molecule has 0 saturated heterocycles. The Morgan fingerprint density at radius 3 is 1.79 bits per heavy atom. The summed E-state index contributed by atoms with van der Waals surface area (Å²) in [4.78, 5) is 35.7. The number of carboxylic acid groups (broad SMARTS) is 3. The number of rotatable bonds is 10. The zero-order valence-electron chi connectivity index (χ0n) is 14.5. The second-order valence-electron chi connectivity index (χ2n) is 5.60. The van der Waals surface area contributed by atoms with Crippen LogP contribution in [0.4, 0.5) is 0 Å². The fourth-order valence-corrected chi connectivity index (χ4v) is 1.90. The standard InChI is InChI=1S/C17H25NO6/c1-5-12(16(21)22)9-14(11(2)15(19)20)10-13(17(23)24)7-6-8-18(3)4/h9-10H,5-8H2,1-4H3,(H,19,20)(H,21,22)(H,23,24). The molecule has 0 atom stereocenters. The highest BCUT2D eigenvalue weighted by Crippen LogP contribution is 2.18. The van der Waals surface area contributed by atoms with E-state index in [1.54, 1.807) is 6.92 Å². The van der Waals surface area contributed by atoms with Crippen molar-refractivity contribution in [2.75, 3.05) is 20.6 Å². The first-order valence-corrected chi connectivity index (χ1v) is 7.56. The van der Waals surface area contributed by atoms with Crippen molar-refractivity contribution in [3.63, 3.8) is 0 Å². The molecule has 0 saturated carbocycles. The molecule has 0 aromatic heterocycles. The number of nitrogens with zero attached hydrogens (tertiary/aromatic N) is 1. The largest absolute Gasteiger partial charge is 0.478 e. The molecule has 3 N–H and O–H groups in total. The van der Waals surface area contributed by atoms with Gasteiger partial charge in [-0.05, 0) is 64.6 Å². The summed E-state index contributed by atoms with van der Waals surface area (Å²) in [6.07, 6.45) is 3.52. The number of carboxylic acids is 3. The Balaban J connectivity index is 5.86. The van der Waals surface area contributed by atoms with E-state index in [9.17, 15) is 19.5 Å². The van der Waals surface area contributed by atoms with Crippen molar-refractivity contribution in [1.29, 1.82) is 0 Å². The van der Waals surface area contributed by atoms with E-state index < -0.39 is 17.9 Å². The van der Waals surface area contributed by atoms with Gasteiger partial charge in [-0.2, -0.15) is 0 Å². The van der Waals surface area contributed by atoms with Crippen molar-refractivity contribution in [3.8, 4) is 0 Å². The van der Waals surface area contributed by atoms with Crippen LogP contribution >= 0.6 is 0 Å². The van der Waals surface area contributed by atoms with Gasteiger partial charge in [-0.1, -0.05) is 6.92 Å². The lowest BCUT2D eigenvalue weighted by molar-refractivity contribution is -0.133. The maximum absolute atomic E-state index is 11.4. The SMILES string of the molecule is CCC(=CC(C=C(CCCN(C)C)C(=O)O)=C(C)C(=O)O)C(=O)O. The maximum atomic E-state index is 11.4. The lowest BCUT2D eigenvalue weighted by Gasteiger charge is -2.10. The third kappa shape index (κ3) is 7.73. The van der Waals surface area contributed by atoms with Gasteiger partial charge in [0.05, 0.1) is 0 Å². The van der Waals surface area contributed by atoms with E-state index in [1.165, 1.54) is 19.1 Å². The van der Waals surface area contributed by atoms with Gasteiger partial charge in [-0.3, -0.25) is 0 Å². The lowest BCUT2D eigenvalue weighted by atomic mass is 10.00. The van der Waals surface area contributed by atoms with Gasteiger partial charge in [0.15, 0.2) is 0 Å². The molecule has 0 heterocycles. The first-order chi connectivity index (χ1) is 11.1. The van der Waals surface area contributed by atoms with Crippen LogP contribution in [0, 0.1) is 0 Å². The summed E-state index contributed by atoms with van der Waals surface area (Å²) in [5, 5.41) is 27.6. The normalized spacial score (nSPS) is 13.7. The van der Waals surface area contributed by atoms with Crippen LogP contribution in [0.15, 0.2) is 34.4 Å². The van der Waals surface area contributed by atoms with Gasteiger partial charge in [0.25, 0.3) is 0 Å². The highest BCUT2D eigenvalue weighted by molar-refractivity contribution is 5.93. The molecule has 0 bridgehead atoms. The van der Waals surface area contributed by atoms with E-state index in [0.29, 0.717) is 13.0 Å². The lowest BCUT2D eigenvalue weighted by Crippen LogP contribution is -2.14. The molecule has 0 aliphatic rings. The fourth-order valence-electron chi connectivity index (χ4n) is 1.90. The minimum Gasteiger partial charge on any atom is -0.478 e. The predicted molar refractivity (Wildman–Crippen MR) is 89.9 cm³/mol. The molecule has 0 aliphatic carbocycles. The molecule has 0 amide bonds. The van der Waals surface area contributed by atoms with Gasteiger partial charge in [-0.15, -0.1) is 0 Å². The predicted octanol–water partition coefficient (Wildman–Crippen LogP) is 2.16. The van der Waals surface area contributed by atoms with Crippen LogP contribution in [0.1, 0.15) is 33.1 Å². The Hall–Kier alpha value is -2.41. The quantitative estimate of drug-likeness (QED) is 0.412. The topological polar surface area (TPSA) is 115 Å². The van der Waals surface area contributed by atoms with Gasteiger partial charge in [-0.25, -0.2) is 14.4 Å². The van der Waals surface area contributed by atoms with Crippen LogP contribution in [-0.2, 0) is 14.4 Å². The highest BCUT2D eigenvalue weighted by Gasteiger charge is 2.14. The second-order valence-corrected chi connectivity index (χ2v) is 5.60. The van der Waals surface area contributed by atoms with Gasteiger partial charge < -0.3 is 20.2 Å². The van der Waals surface area contributed by atoms with Crippen molar-refractivity contribution in [1.82, 2.24) is 4.90 Å². The van der Waals surface area contributed by atoms with E-state index >= 15 is 0 Å². The molecule has 0 unspecified atom stereocenters. The first-order valence-electron chi connectivity index (χ1n) is 7.56. The van der Waals surface area contributed by atoms with Crippen LogP contribution in [-0.4, -0.2) is 58.8 Å². The summed E-state index contributed by atoms with van der Waals surface area (Å²) < 4.78 is 0. The number of allylic oxidation sites excluding steroid dienone is 3. The van der Waals surface area contributed by atoms with E-state index in [1.807, 2.05) is 19.0 Å². The second kappa shape index (κ2) is 10.4. The van der Waals surface area contributed by atoms with Gasteiger partial charge in [0, 0.05) is 16.7 Å². The summed E-state index contributed by atoms with van der Waals surface area (Å²) in [7, 11) is 3.74. The van der Waals surface area contributed by atoms with Crippen molar-refractivity contribution >= 4 is 17.9 Å². The first kappa shape index (κ1) is 21.6. The molecule has 0 aromatic rings. The smallest absolute Gasteiger partial charge is 0.331 e. The molecule has 7 heteroatoms. The molecular weight excluding hydrogens is 314 g/mol. The molecule has 24 heavy (non-hydrogen) atoms. The van der Waals surface area contributed by atoms with Crippen LogP contribution in [0.5, 0.6) is 0 Å². The Morgan fingerprint density at radius 1 is 0.917 bits per heavy atom. The zero-order chi connectivity index (χ0) is 18.9. The number of hydrogen-bond donors (Lipinski definition) is 3. The Bertz CT molecular complexity index is 584. The number of hydrogen-bond acceptors (Lipinski definition) is 4. The van der Waals surface area contributed by atoms with Crippen molar-refractivity contribution < 1.29 is 29.7 Å². The molecule has 0 aromatic carbocycles. The minimum atomic E-state index is -1.23. The summed E-state index contributed by atoms with van der Waals surface area (Å²) in [5.41, 5.74) is 0.0435. The molecule has 7 nitrogen and oxygen atoms in total. The van der Waals surface area contributed by atoms with Gasteiger partial charge in [0.1, 0.15) is 0 Å². The average molecular weight is 339 g/mol. The van der Waals surface area contributed by atoms with Gasteiger partial charge in [0.2, 0.25) is 0 Å².